The van der Waals surface area contributed by atoms with E-state index < -0.39 is 27.4 Å². The summed E-state index contributed by atoms with van der Waals surface area (Å²) in [4.78, 5) is 22.5. The highest BCUT2D eigenvalue weighted by Crippen LogP contribution is 2.07. The number of nitrogens with one attached hydrogen (secondary N) is 2. The third-order valence-corrected chi connectivity index (χ3v) is 4.16. The highest BCUT2D eigenvalue weighted by Gasteiger charge is 2.28. The van der Waals surface area contributed by atoms with Crippen LogP contribution in [0.25, 0.3) is 0 Å². The van der Waals surface area contributed by atoms with Crippen LogP contribution in [0, 0.1) is 0 Å². The first-order chi connectivity index (χ1) is 9.65. The number of hydrogen-bond donors (Lipinski definition) is 3. The molecule has 0 fully saturated rings. The minimum atomic E-state index is -3.66. The first-order valence-corrected chi connectivity index (χ1v) is 7.72. The van der Waals surface area contributed by atoms with Crippen LogP contribution in [0.1, 0.15) is 20.3 Å². The van der Waals surface area contributed by atoms with Crippen LogP contribution < -0.4 is 10.0 Å². The number of sulfonamides is 1. The lowest BCUT2D eigenvalue weighted by atomic mass is 10.1. The summed E-state index contributed by atoms with van der Waals surface area (Å²) in [5.41, 5.74) is -1.39. The largest absolute Gasteiger partial charge is 0.480 e. The molecule has 116 valence electrons. The van der Waals surface area contributed by atoms with Crippen molar-refractivity contribution in [3.8, 4) is 0 Å². The van der Waals surface area contributed by atoms with Crippen LogP contribution >= 0.6 is 0 Å². The Hall–Kier alpha value is -1.93. The molecule has 0 heterocycles. The zero-order valence-electron chi connectivity index (χ0n) is 11.8. The lowest BCUT2D eigenvalue weighted by molar-refractivity contribution is -0.146. The number of carbonyl (C=O) groups is 2. The summed E-state index contributed by atoms with van der Waals surface area (Å²) < 4.78 is 26.0. The van der Waals surface area contributed by atoms with Gasteiger partial charge in [0, 0.05) is 13.0 Å². The van der Waals surface area contributed by atoms with Crippen molar-refractivity contribution in [3.05, 3.63) is 30.3 Å². The molecular weight excluding hydrogens is 296 g/mol. The molecule has 0 saturated heterocycles. The molecule has 1 rings (SSSR count). The Morgan fingerprint density at radius 3 is 2.29 bits per heavy atom. The van der Waals surface area contributed by atoms with E-state index in [1.165, 1.54) is 26.0 Å². The predicted molar refractivity (Wildman–Crippen MR) is 76.1 cm³/mol. The Balaban J connectivity index is 2.51. The summed E-state index contributed by atoms with van der Waals surface area (Å²) in [5, 5.41) is 11.2. The molecule has 0 unspecified atom stereocenters. The number of carboxylic acids is 1. The Bertz CT molecular complexity index is 611. The quantitative estimate of drug-likeness (QED) is 0.671. The SMILES string of the molecule is CC(C)(NC(=O)CCNS(=O)(=O)c1ccccc1)C(=O)O. The zero-order valence-corrected chi connectivity index (χ0v) is 12.6. The maximum Gasteiger partial charge on any atom is 0.328 e. The highest BCUT2D eigenvalue weighted by molar-refractivity contribution is 7.89. The van der Waals surface area contributed by atoms with E-state index in [-0.39, 0.29) is 17.9 Å². The number of hydrogen-bond acceptors (Lipinski definition) is 4. The Morgan fingerprint density at radius 1 is 1.19 bits per heavy atom. The summed E-state index contributed by atoms with van der Waals surface area (Å²) in [7, 11) is -3.66. The molecule has 0 aromatic heterocycles. The third kappa shape index (κ3) is 5.16. The van der Waals surface area contributed by atoms with E-state index in [1.807, 2.05) is 0 Å². The van der Waals surface area contributed by atoms with Gasteiger partial charge in [-0.25, -0.2) is 17.9 Å². The van der Waals surface area contributed by atoms with Crippen LogP contribution in [0.4, 0.5) is 0 Å². The van der Waals surface area contributed by atoms with Gasteiger partial charge in [0.15, 0.2) is 0 Å². The maximum atomic E-state index is 11.9. The van der Waals surface area contributed by atoms with E-state index in [9.17, 15) is 18.0 Å². The minimum Gasteiger partial charge on any atom is -0.480 e. The first-order valence-electron chi connectivity index (χ1n) is 6.24. The van der Waals surface area contributed by atoms with Gasteiger partial charge in [0.1, 0.15) is 5.54 Å². The van der Waals surface area contributed by atoms with E-state index in [1.54, 1.807) is 18.2 Å². The molecule has 0 aliphatic carbocycles. The number of aliphatic carboxylic acids is 1. The minimum absolute atomic E-state index is 0.108. The van der Waals surface area contributed by atoms with Crippen LogP contribution in [0.15, 0.2) is 35.2 Å². The Kier molecular flexibility index (Phi) is 5.45. The number of carboxylic acid groups (broad SMARTS) is 1. The monoisotopic (exact) mass is 314 g/mol. The molecule has 8 heteroatoms. The van der Waals surface area contributed by atoms with E-state index in [4.69, 9.17) is 5.11 Å². The molecule has 0 radical (unpaired) electrons. The first kappa shape index (κ1) is 17.1. The fourth-order valence-corrected chi connectivity index (χ4v) is 2.50. The smallest absolute Gasteiger partial charge is 0.328 e. The summed E-state index contributed by atoms with van der Waals surface area (Å²) in [6.07, 6.45) is -0.150. The van der Waals surface area contributed by atoms with Crippen LogP contribution in [0.3, 0.4) is 0 Å². The zero-order chi connectivity index (χ0) is 16.1. The van der Waals surface area contributed by atoms with Crippen molar-refractivity contribution in [3.63, 3.8) is 0 Å². The summed E-state index contributed by atoms with van der Waals surface area (Å²) in [6, 6.07) is 7.76. The van der Waals surface area contributed by atoms with Crippen molar-refractivity contribution in [1.29, 1.82) is 0 Å². The fourth-order valence-electron chi connectivity index (χ4n) is 1.45. The molecule has 21 heavy (non-hydrogen) atoms. The highest BCUT2D eigenvalue weighted by atomic mass is 32.2. The van der Waals surface area contributed by atoms with Crippen molar-refractivity contribution < 1.29 is 23.1 Å². The van der Waals surface area contributed by atoms with Gasteiger partial charge >= 0.3 is 5.97 Å². The number of carbonyl (C=O) groups excluding carboxylic acids is 1. The van der Waals surface area contributed by atoms with Gasteiger partial charge in [0.25, 0.3) is 0 Å². The molecule has 1 aromatic carbocycles. The van der Waals surface area contributed by atoms with E-state index in [0.29, 0.717) is 0 Å². The molecule has 1 aromatic rings. The van der Waals surface area contributed by atoms with Gasteiger partial charge in [-0.1, -0.05) is 18.2 Å². The van der Waals surface area contributed by atoms with Crippen LogP contribution in [0.5, 0.6) is 0 Å². The van der Waals surface area contributed by atoms with Crippen LogP contribution in [-0.4, -0.2) is 37.5 Å². The van der Waals surface area contributed by atoms with Gasteiger partial charge in [0.05, 0.1) is 4.90 Å². The summed E-state index contributed by atoms with van der Waals surface area (Å²) in [6.45, 7) is 2.58. The Labute approximate surface area is 123 Å². The van der Waals surface area contributed by atoms with Crippen molar-refractivity contribution in [2.24, 2.45) is 0 Å². The molecule has 3 N–H and O–H groups in total. The molecule has 1 amide bonds. The van der Waals surface area contributed by atoms with Gasteiger partial charge in [0.2, 0.25) is 15.9 Å². The normalized spacial score (nSPS) is 11.9. The number of rotatable bonds is 7. The standard InChI is InChI=1S/C13H18N2O5S/c1-13(2,12(17)18)15-11(16)8-9-14-21(19,20)10-6-4-3-5-7-10/h3-7,14H,8-9H2,1-2H3,(H,15,16)(H,17,18). The lowest BCUT2D eigenvalue weighted by Gasteiger charge is -2.20. The molecule has 0 saturated carbocycles. The molecule has 0 spiro atoms. The third-order valence-electron chi connectivity index (χ3n) is 2.68. The van der Waals surface area contributed by atoms with Gasteiger partial charge in [-0.2, -0.15) is 0 Å². The molecular formula is C13H18N2O5S. The van der Waals surface area contributed by atoms with Crippen molar-refractivity contribution in [2.45, 2.75) is 30.7 Å². The number of benzene rings is 1. The van der Waals surface area contributed by atoms with Crippen molar-refractivity contribution in [1.82, 2.24) is 10.0 Å². The van der Waals surface area contributed by atoms with E-state index in [0.717, 1.165) is 0 Å². The summed E-state index contributed by atoms with van der Waals surface area (Å²) >= 11 is 0. The van der Waals surface area contributed by atoms with Crippen molar-refractivity contribution in [2.75, 3.05) is 6.54 Å². The second-order valence-electron chi connectivity index (χ2n) is 4.94. The Morgan fingerprint density at radius 2 is 1.76 bits per heavy atom. The van der Waals surface area contributed by atoms with Gasteiger partial charge in [-0.3, -0.25) is 4.79 Å². The molecule has 0 atom stereocenters. The topological polar surface area (TPSA) is 113 Å². The van der Waals surface area contributed by atoms with E-state index in [2.05, 4.69) is 10.0 Å². The second-order valence-corrected chi connectivity index (χ2v) is 6.71. The van der Waals surface area contributed by atoms with Gasteiger partial charge < -0.3 is 10.4 Å². The molecule has 7 nitrogen and oxygen atoms in total. The van der Waals surface area contributed by atoms with Crippen LogP contribution in [-0.2, 0) is 19.6 Å². The molecule has 0 bridgehead atoms. The van der Waals surface area contributed by atoms with Gasteiger partial charge in [-0.05, 0) is 26.0 Å². The average molecular weight is 314 g/mol. The van der Waals surface area contributed by atoms with Gasteiger partial charge in [-0.15, -0.1) is 0 Å². The fraction of sp³-hybridized carbons (Fsp3) is 0.385. The predicted octanol–water partition coefficient (Wildman–Crippen LogP) is 0.334. The second kappa shape index (κ2) is 6.68. The summed E-state index contributed by atoms with van der Waals surface area (Å²) in [5.74, 6) is -1.71. The maximum absolute atomic E-state index is 11.9. The van der Waals surface area contributed by atoms with Crippen molar-refractivity contribution >= 4 is 21.9 Å². The van der Waals surface area contributed by atoms with Crippen LogP contribution in [0.2, 0.25) is 0 Å². The average Bonchev–Trinajstić information content (AvgIpc) is 2.38. The lowest BCUT2D eigenvalue weighted by Crippen LogP contribution is -2.50. The number of amides is 1. The molecule has 0 aliphatic rings. The molecule has 0 aliphatic heterocycles. The van der Waals surface area contributed by atoms with E-state index >= 15 is 0 Å².